The van der Waals surface area contributed by atoms with Crippen LogP contribution in [-0.4, -0.2) is 24.0 Å². The molecule has 0 spiro atoms. The van der Waals surface area contributed by atoms with E-state index >= 15 is 0 Å². The number of carbonyl (C=O) groups excluding carboxylic acids is 1. The molecule has 1 heterocycles. The minimum absolute atomic E-state index is 0.0407. The minimum Gasteiger partial charge on any atom is -0.399 e. The predicted octanol–water partition coefficient (Wildman–Crippen LogP) is 0.602. The molecule has 0 saturated heterocycles. The molecule has 4 N–H and O–H groups in total. The van der Waals surface area contributed by atoms with Crippen LogP contribution in [0, 0.1) is 0 Å². The number of carbonyl (C=O) groups is 1. The molecule has 0 aromatic carbocycles. The lowest BCUT2D eigenvalue weighted by Gasteiger charge is -2.06. The fourth-order valence-electron chi connectivity index (χ4n) is 1.04. The lowest BCUT2D eigenvalue weighted by atomic mass is 10.4. The largest absolute Gasteiger partial charge is 0.399 e. The number of nitrogens with zero attached hydrogens (tertiary/aromatic N) is 1. The summed E-state index contributed by atoms with van der Waals surface area (Å²) in [5, 5.41) is 5.65. The molecule has 0 aliphatic heterocycles. The van der Waals surface area contributed by atoms with Gasteiger partial charge in [0.2, 0.25) is 5.91 Å². The van der Waals surface area contributed by atoms with Crippen LogP contribution in [0.4, 0.5) is 11.5 Å². The van der Waals surface area contributed by atoms with Gasteiger partial charge in [0.05, 0.1) is 6.54 Å². The second-order valence-electron chi connectivity index (χ2n) is 3.18. The molecule has 0 unspecified atom stereocenters. The lowest BCUT2D eigenvalue weighted by Crippen LogP contribution is -2.30. The summed E-state index contributed by atoms with van der Waals surface area (Å²) in [6, 6.07) is 3.38. The SMILES string of the molecule is CCCNC(=O)CNc1cc(N)ccn1. The number of anilines is 2. The molecule has 0 aliphatic rings. The summed E-state index contributed by atoms with van der Waals surface area (Å²) >= 11 is 0. The zero-order chi connectivity index (χ0) is 11.1. The molecule has 0 bridgehead atoms. The summed E-state index contributed by atoms with van der Waals surface area (Å²) < 4.78 is 0. The van der Waals surface area contributed by atoms with E-state index in [0.29, 0.717) is 18.1 Å². The Morgan fingerprint density at radius 3 is 3.07 bits per heavy atom. The molecule has 0 saturated carbocycles. The van der Waals surface area contributed by atoms with Crippen LogP contribution in [0.3, 0.4) is 0 Å². The standard InChI is InChI=1S/C10H16N4O/c1-2-4-13-10(15)7-14-9-6-8(11)3-5-12-9/h3,5-6H,2,4,7H2,1H3,(H,13,15)(H3,11,12,14). The van der Waals surface area contributed by atoms with Gasteiger partial charge in [-0.15, -0.1) is 0 Å². The monoisotopic (exact) mass is 208 g/mol. The van der Waals surface area contributed by atoms with E-state index in [0.717, 1.165) is 6.42 Å². The van der Waals surface area contributed by atoms with Gasteiger partial charge in [-0.2, -0.15) is 0 Å². The summed E-state index contributed by atoms with van der Waals surface area (Å²) in [5.74, 6) is 0.572. The Hall–Kier alpha value is -1.78. The Balaban J connectivity index is 2.33. The van der Waals surface area contributed by atoms with E-state index in [1.165, 1.54) is 0 Å². The molecule has 0 fully saturated rings. The highest BCUT2D eigenvalue weighted by Gasteiger charge is 2.00. The number of aromatic nitrogens is 1. The number of amides is 1. The van der Waals surface area contributed by atoms with Crippen molar-refractivity contribution < 1.29 is 4.79 Å². The van der Waals surface area contributed by atoms with Gasteiger partial charge in [0, 0.05) is 24.5 Å². The van der Waals surface area contributed by atoms with Crippen molar-refractivity contribution >= 4 is 17.4 Å². The second kappa shape index (κ2) is 5.85. The molecule has 82 valence electrons. The highest BCUT2D eigenvalue weighted by Crippen LogP contribution is 2.06. The maximum Gasteiger partial charge on any atom is 0.239 e. The number of hydrogen-bond acceptors (Lipinski definition) is 4. The van der Waals surface area contributed by atoms with Crippen LogP contribution in [0.5, 0.6) is 0 Å². The zero-order valence-corrected chi connectivity index (χ0v) is 8.79. The molecular formula is C10H16N4O. The first-order valence-electron chi connectivity index (χ1n) is 4.94. The van der Waals surface area contributed by atoms with Crippen LogP contribution >= 0.6 is 0 Å². The number of nitrogens with one attached hydrogen (secondary N) is 2. The van der Waals surface area contributed by atoms with Crippen LogP contribution < -0.4 is 16.4 Å². The Labute approximate surface area is 89.1 Å². The van der Waals surface area contributed by atoms with E-state index in [2.05, 4.69) is 15.6 Å². The van der Waals surface area contributed by atoms with Gasteiger partial charge in [0.1, 0.15) is 5.82 Å². The highest BCUT2D eigenvalue weighted by atomic mass is 16.1. The van der Waals surface area contributed by atoms with E-state index in [9.17, 15) is 4.79 Å². The third kappa shape index (κ3) is 4.30. The van der Waals surface area contributed by atoms with Crippen LogP contribution in [0.1, 0.15) is 13.3 Å². The third-order valence-electron chi connectivity index (χ3n) is 1.79. The molecule has 1 aromatic heterocycles. The van der Waals surface area contributed by atoms with Crippen molar-refractivity contribution in [3.05, 3.63) is 18.3 Å². The fourth-order valence-corrected chi connectivity index (χ4v) is 1.04. The highest BCUT2D eigenvalue weighted by molar-refractivity contribution is 5.80. The van der Waals surface area contributed by atoms with Crippen molar-refractivity contribution in [2.75, 3.05) is 24.1 Å². The minimum atomic E-state index is -0.0407. The topological polar surface area (TPSA) is 80.0 Å². The van der Waals surface area contributed by atoms with Gasteiger partial charge < -0.3 is 16.4 Å². The van der Waals surface area contributed by atoms with Crippen molar-refractivity contribution in [2.45, 2.75) is 13.3 Å². The summed E-state index contributed by atoms with van der Waals surface area (Å²) in [6.45, 7) is 2.93. The van der Waals surface area contributed by atoms with Gasteiger partial charge in [-0.3, -0.25) is 4.79 Å². The predicted molar refractivity (Wildman–Crippen MR) is 60.4 cm³/mol. The number of pyridine rings is 1. The summed E-state index contributed by atoms with van der Waals surface area (Å²) in [5.41, 5.74) is 6.19. The first kappa shape index (κ1) is 11.3. The molecule has 1 rings (SSSR count). The molecule has 0 atom stereocenters. The van der Waals surface area contributed by atoms with Crippen LogP contribution in [0.25, 0.3) is 0 Å². The van der Waals surface area contributed by atoms with E-state index in [-0.39, 0.29) is 12.5 Å². The van der Waals surface area contributed by atoms with E-state index in [1.54, 1.807) is 18.3 Å². The maximum atomic E-state index is 11.2. The number of nitrogens with two attached hydrogens (primary N) is 1. The van der Waals surface area contributed by atoms with Crippen LogP contribution in [0.2, 0.25) is 0 Å². The summed E-state index contributed by atoms with van der Waals surface area (Å²) in [7, 11) is 0. The normalized spacial score (nSPS) is 9.67. The molecule has 5 nitrogen and oxygen atoms in total. The summed E-state index contributed by atoms with van der Waals surface area (Å²) in [4.78, 5) is 15.2. The number of hydrogen-bond donors (Lipinski definition) is 3. The van der Waals surface area contributed by atoms with Gasteiger partial charge in [-0.25, -0.2) is 4.98 Å². The Bertz CT molecular complexity index is 327. The average Bonchev–Trinajstić information content (AvgIpc) is 2.23. The Morgan fingerprint density at radius 2 is 2.40 bits per heavy atom. The van der Waals surface area contributed by atoms with E-state index in [1.807, 2.05) is 6.92 Å². The average molecular weight is 208 g/mol. The lowest BCUT2D eigenvalue weighted by molar-refractivity contribution is -0.119. The van der Waals surface area contributed by atoms with Gasteiger partial charge in [-0.1, -0.05) is 6.92 Å². The Morgan fingerprint density at radius 1 is 1.60 bits per heavy atom. The first-order valence-corrected chi connectivity index (χ1v) is 4.94. The molecule has 1 amide bonds. The van der Waals surface area contributed by atoms with Gasteiger partial charge in [-0.05, 0) is 12.5 Å². The van der Waals surface area contributed by atoms with Crippen molar-refractivity contribution in [1.29, 1.82) is 0 Å². The fraction of sp³-hybridized carbons (Fsp3) is 0.400. The smallest absolute Gasteiger partial charge is 0.239 e. The molecular weight excluding hydrogens is 192 g/mol. The van der Waals surface area contributed by atoms with Gasteiger partial charge in [0.25, 0.3) is 0 Å². The van der Waals surface area contributed by atoms with E-state index < -0.39 is 0 Å². The number of rotatable bonds is 5. The first-order chi connectivity index (χ1) is 7.22. The zero-order valence-electron chi connectivity index (χ0n) is 8.79. The van der Waals surface area contributed by atoms with Gasteiger partial charge >= 0.3 is 0 Å². The van der Waals surface area contributed by atoms with Crippen molar-refractivity contribution in [3.8, 4) is 0 Å². The second-order valence-corrected chi connectivity index (χ2v) is 3.18. The van der Waals surface area contributed by atoms with Crippen molar-refractivity contribution in [2.24, 2.45) is 0 Å². The molecule has 15 heavy (non-hydrogen) atoms. The third-order valence-corrected chi connectivity index (χ3v) is 1.79. The van der Waals surface area contributed by atoms with Crippen molar-refractivity contribution in [1.82, 2.24) is 10.3 Å². The quantitative estimate of drug-likeness (QED) is 0.662. The van der Waals surface area contributed by atoms with Crippen LogP contribution in [-0.2, 0) is 4.79 Å². The van der Waals surface area contributed by atoms with E-state index in [4.69, 9.17) is 5.73 Å². The molecule has 0 aliphatic carbocycles. The van der Waals surface area contributed by atoms with Crippen molar-refractivity contribution in [3.63, 3.8) is 0 Å². The van der Waals surface area contributed by atoms with Crippen LogP contribution in [0.15, 0.2) is 18.3 Å². The molecule has 5 heteroatoms. The molecule has 1 aromatic rings. The summed E-state index contributed by atoms with van der Waals surface area (Å²) in [6.07, 6.45) is 2.53. The maximum absolute atomic E-state index is 11.2. The Kier molecular flexibility index (Phi) is 4.40. The van der Waals surface area contributed by atoms with Gasteiger partial charge in [0.15, 0.2) is 0 Å². The number of nitrogen functional groups attached to an aromatic ring is 1. The molecule has 0 radical (unpaired) electrons.